The van der Waals surface area contributed by atoms with Crippen LogP contribution < -0.4 is 0 Å². The summed E-state index contributed by atoms with van der Waals surface area (Å²) in [5, 5.41) is 0. The molecule has 5 rings (SSSR count). The summed E-state index contributed by atoms with van der Waals surface area (Å²) in [6.07, 6.45) is 3.68. The largest absolute Gasteiger partial charge is 0.338 e. The molecule has 0 spiro atoms. The predicted octanol–water partition coefficient (Wildman–Crippen LogP) is 4.79. The number of imidazole rings is 1. The van der Waals surface area contributed by atoms with Crippen LogP contribution in [0.3, 0.4) is 0 Å². The van der Waals surface area contributed by atoms with Crippen molar-refractivity contribution in [1.82, 2.24) is 19.4 Å². The zero-order chi connectivity index (χ0) is 21.4. The Labute approximate surface area is 180 Å². The lowest BCUT2D eigenvalue weighted by atomic mass is 9.93. The van der Waals surface area contributed by atoms with Gasteiger partial charge < -0.3 is 9.47 Å². The number of aromatic nitrogens is 3. The average molecular weight is 414 g/mol. The molecule has 4 aromatic rings. The zero-order valence-electron chi connectivity index (χ0n) is 17.3. The number of amides is 1. The van der Waals surface area contributed by atoms with Crippen molar-refractivity contribution in [2.45, 2.75) is 18.8 Å². The van der Waals surface area contributed by atoms with E-state index in [4.69, 9.17) is 4.98 Å². The Hall–Kier alpha value is -3.54. The summed E-state index contributed by atoms with van der Waals surface area (Å²) in [4.78, 5) is 24.3. The van der Waals surface area contributed by atoms with Gasteiger partial charge in [0.2, 0.25) is 0 Å². The lowest BCUT2D eigenvalue weighted by Crippen LogP contribution is -2.39. The van der Waals surface area contributed by atoms with Gasteiger partial charge in [-0.15, -0.1) is 0 Å². The fourth-order valence-corrected chi connectivity index (χ4v) is 4.31. The van der Waals surface area contributed by atoms with Gasteiger partial charge in [0.1, 0.15) is 5.82 Å². The van der Waals surface area contributed by atoms with Crippen molar-refractivity contribution in [3.05, 3.63) is 84.1 Å². The molecule has 1 fully saturated rings. The Morgan fingerprint density at radius 2 is 1.94 bits per heavy atom. The van der Waals surface area contributed by atoms with E-state index in [1.54, 1.807) is 18.5 Å². The van der Waals surface area contributed by atoms with Crippen LogP contribution in [0, 0.1) is 5.82 Å². The summed E-state index contributed by atoms with van der Waals surface area (Å²) >= 11 is 0. The predicted molar refractivity (Wildman–Crippen MR) is 118 cm³/mol. The minimum atomic E-state index is -0.259. The molecular formula is C25H23FN4O. The van der Waals surface area contributed by atoms with E-state index >= 15 is 0 Å². The van der Waals surface area contributed by atoms with Gasteiger partial charge in [-0.05, 0) is 67.4 Å². The summed E-state index contributed by atoms with van der Waals surface area (Å²) in [7, 11) is 1.94. The number of likely N-dealkylation sites (tertiary alicyclic amines) is 1. The van der Waals surface area contributed by atoms with Gasteiger partial charge in [0, 0.05) is 42.9 Å². The van der Waals surface area contributed by atoms with Crippen LogP contribution in [0.4, 0.5) is 4.39 Å². The summed E-state index contributed by atoms with van der Waals surface area (Å²) in [6, 6.07) is 18.0. The van der Waals surface area contributed by atoms with E-state index in [0.717, 1.165) is 47.4 Å². The molecule has 0 aliphatic carbocycles. The van der Waals surface area contributed by atoms with E-state index in [-0.39, 0.29) is 17.6 Å². The van der Waals surface area contributed by atoms with E-state index in [1.165, 1.54) is 12.1 Å². The van der Waals surface area contributed by atoms with Crippen molar-refractivity contribution >= 4 is 16.9 Å². The number of nitrogens with zero attached hydrogens (tertiary/aromatic N) is 4. The van der Waals surface area contributed by atoms with Gasteiger partial charge in [0.25, 0.3) is 5.91 Å². The Kier molecular flexibility index (Phi) is 4.98. The molecule has 0 radical (unpaired) electrons. The second-order valence-electron chi connectivity index (χ2n) is 8.10. The highest BCUT2D eigenvalue weighted by atomic mass is 19.1. The van der Waals surface area contributed by atoms with E-state index < -0.39 is 0 Å². The fraction of sp³-hybridized carbons (Fsp3) is 0.240. The van der Waals surface area contributed by atoms with E-state index in [1.807, 2.05) is 52.9 Å². The Balaban J connectivity index is 1.36. The maximum atomic E-state index is 13.3. The zero-order valence-corrected chi connectivity index (χ0v) is 17.3. The van der Waals surface area contributed by atoms with Gasteiger partial charge in [-0.2, -0.15) is 0 Å². The number of pyridine rings is 1. The first-order valence-corrected chi connectivity index (χ1v) is 10.5. The second-order valence-corrected chi connectivity index (χ2v) is 8.10. The van der Waals surface area contributed by atoms with Crippen LogP contribution >= 0.6 is 0 Å². The molecule has 1 aliphatic heterocycles. The van der Waals surface area contributed by atoms with Gasteiger partial charge in [-0.25, -0.2) is 9.37 Å². The summed E-state index contributed by atoms with van der Waals surface area (Å²) in [6.45, 7) is 1.38. The number of fused-ring (bicyclic) bond motifs is 1. The van der Waals surface area contributed by atoms with Crippen LogP contribution in [0.25, 0.3) is 22.3 Å². The van der Waals surface area contributed by atoms with Crippen molar-refractivity contribution in [3.8, 4) is 11.3 Å². The molecule has 31 heavy (non-hydrogen) atoms. The molecule has 3 heterocycles. The number of benzene rings is 2. The molecule has 1 aliphatic rings. The van der Waals surface area contributed by atoms with Crippen LogP contribution in [0.5, 0.6) is 0 Å². The van der Waals surface area contributed by atoms with Crippen LogP contribution in [0.15, 0.2) is 67.0 Å². The highest BCUT2D eigenvalue weighted by Gasteiger charge is 2.26. The number of halogens is 1. The Morgan fingerprint density at radius 1 is 1.10 bits per heavy atom. The first kappa shape index (κ1) is 19.4. The topological polar surface area (TPSA) is 51.0 Å². The lowest BCUT2D eigenvalue weighted by molar-refractivity contribution is 0.0706. The number of aryl methyl sites for hydroxylation is 1. The third kappa shape index (κ3) is 3.81. The number of carbonyl (C=O) groups is 1. The molecule has 2 aromatic heterocycles. The SMILES string of the molecule is Cn1cnc2cc(C(=O)N3CCC[C@@H](c4cccc(-c5ccc(F)cc5)n4)C3)ccc21. The van der Waals surface area contributed by atoms with Gasteiger partial charge >= 0.3 is 0 Å². The highest BCUT2D eigenvalue weighted by Crippen LogP contribution is 2.29. The number of carbonyl (C=O) groups excluding carboxylic acids is 1. The van der Waals surface area contributed by atoms with Crippen molar-refractivity contribution in [1.29, 1.82) is 0 Å². The number of piperidine rings is 1. The van der Waals surface area contributed by atoms with E-state index in [0.29, 0.717) is 12.1 Å². The van der Waals surface area contributed by atoms with E-state index in [9.17, 15) is 9.18 Å². The number of rotatable bonds is 3. The standard InChI is InChI=1S/C25H23FN4O/c1-29-16-27-23-14-18(9-12-24(23)29)25(31)30-13-3-4-19(15-30)22-6-2-5-21(28-22)17-7-10-20(26)11-8-17/h2,5-12,14,16,19H,3-4,13,15H2,1H3/t19-/m1/s1. The molecule has 0 unspecified atom stereocenters. The van der Waals surface area contributed by atoms with Gasteiger partial charge in [-0.1, -0.05) is 6.07 Å². The molecule has 0 N–H and O–H groups in total. The van der Waals surface area contributed by atoms with Crippen molar-refractivity contribution in [3.63, 3.8) is 0 Å². The molecule has 1 saturated heterocycles. The molecule has 0 saturated carbocycles. The van der Waals surface area contributed by atoms with Crippen molar-refractivity contribution in [2.75, 3.05) is 13.1 Å². The summed E-state index contributed by atoms with van der Waals surface area (Å²) in [5.74, 6) is -0.0474. The molecule has 1 amide bonds. The molecule has 2 aromatic carbocycles. The van der Waals surface area contributed by atoms with Crippen LogP contribution in [-0.2, 0) is 7.05 Å². The Morgan fingerprint density at radius 3 is 2.77 bits per heavy atom. The third-order valence-corrected chi connectivity index (χ3v) is 6.01. The monoisotopic (exact) mass is 414 g/mol. The maximum absolute atomic E-state index is 13.3. The van der Waals surface area contributed by atoms with Crippen molar-refractivity contribution < 1.29 is 9.18 Å². The average Bonchev–Trinajstić information content (AvgIpc) is 3.19. The molecule has 5 nitrogen and oxygen atoms in total. The molecule has 0 bridgehead atoms. The fourth-order valence-electron chi connectivity index (χ4n) is 4.31. The van der Waals surface area contributed by atoms with Gasteiger partial charge in [-0.3, -0.25) is 9.78 Å². The Bertz CT molecular complexity index is 1250. The third-order valence-electron chi connectivity index (χ3n) is 6.01. The number of hydrogen-bond donors (Lipinski definition) is 0. The minimum absolute atomic E-state index is 0.0342. The second kappa shape index (κ2) is 7.95. The minimum Gasteiger partial charge on any atom is -0.338 e. The molecule has 6 heteroatoms. The first-order valence-electron chi connectivity index (χ1n) is 10.5. The highest BCUT2D eigenvalue weighted by molar-refractivity contribution is 5.97. The van der Waals surface area contributed by atoms with Gasteiger partial charge in [0.15, 0.2) is 0 Å². The van der Waals surface area contributed by atoms with Crippen molar-refractivity contribution in [2.24, 2.45) is 7.05 Å². The first-order chi connectivity index (χ1) is 15.1. The molecular weight excluding hydrogens is 391 g/mol. The lowest BCUT2D eigenvalue weighted by Gasteiger charge is -2.32. The van der Waals surface area contributed by atoms with Gasteiger partial charge in [0.05, 0.1) is 23.1 Å². The number of hydrogen-bond acceptors (Lipinski definition) is 3. The quantitative estimate of drug-likeness (QED) is 0.484. The summed E-state index contributed by atoms with van der Waals surface area (Å²) < 4.78 is 15.2. The summed E-state index contributed by atoms with van der Waals surface area (Å²) in [5.41, 5.74) is 5.18. The van der Waals surface area contributed by atoms with Crippen LogP contribution in [0.1, 0.15) is 34.8 Å². The van der Waals surface area contributed by atoms with Crippen LogP contribution in [-0.4, -0.2) is 38.4 Å². The maximum Gasteiger partial charge on any atom is 0.253 e. The van der Waals surface area contributed by atoms with E-state index in [2.05, 4.69) is 4.98 Å². The normalized spacial score (nSPS) is 16.6. The smallest absolute Gasteiger partial charge is 0.253 e. The molecule has 156 valence electrons. The van der Waals surface area contributed by atoms with Crippen LogP contribution in [0.2, 0.25) is 0 Å². The molecule has 1 atom stereocenters.